The van der Waals surface area contributed by atoms with Crippen molar-refractivity contribution >= 4 is 21.7 Å². The fourth-order valence-corrected chi connectivity index (χ4v) is 2.09. The molecule has 0 saturated carbocycles. The highest BCUT2D eigenvalue weighted by molar-refractivity contribution is 7.89. The topological polar surface area (TPSA) is 119 Å². The van der Waals surface area contributed by atoms with Gasteiger partial charge in [-0.2, -0.15) is 0 Å². The Morgan fingerprint density at radius 1 is 1.25 bits per heavy atom. The Bertz CT molecular complexity index is 521. The maximum absolute atomic E-state index is 10.8. The van der Waals surface area contributed by atoms with E-state index in [1.807, 2.05) is 6.92 Å². The summed E-state index contributed by atoms with van der Waals surface area (Å²) in [5.41, 5.74) is 0. The van der Waals surface area contributed by atoms with Gasteiger partial charge in [0.2, 0.25) is 15.8 Å². The zero-order valence-corrected chi connectivity index (χ0v) is 12.5. The highest BCUT2D eigenvalue weighted by atomic mass is 32.2. The van der Waals surface area contributed by atoms with E-state index in [-0.39, 0.29) is 5.75 Å². The summed E-state index contributed by atoms with van der Waals surface area (Å²) in [5.74, 6) is 1.57. The zero-order chi connectivity index (χ0) is 15.0. The largest absolute Gasteiger partial charge is 0.490 e. The van der Waals surface area contributed by atoms with Gasteiger partial charge in [-0.15, -0.1) is 0 Å². The summed E-state index contributed by atoms with van der Waals surface area (Å²) in [6.07, 6.45) is 2.77. The van der Waals surface area contributed by atoms with Gasteiger partial charge in [0.1, 0.15) is 6.33 Å². The third-order valence-corrected chi connectivity index (χ3v) is 3.31. The van der Waals surface area contributed by atoms with Crippen LogP contribution in [0.3, 0.4) is 0 Å². The smallest absolute Gasteiger partial charge is 0.209 e. The van der Waals surface area contributed by atoms with Crippen molar-refractivity contribution in [2.45, 2.75) is 19.8 Å². The summed E-state index contributed by atoms with van der Waals surface area (Å²) in [5, 5.41) is 11.1. The SMILES string of the molecule is CCCNc1ncnc(NCCCS(N)(=O)=O)c1OC. The third kappa shape index (κ3) is 5.57. The molecule has 0 saturated heterocycles. The molecule has 0 aromatic carbocycles. The molecular formula is C11H21N5O3S. The lowest BCUT2D eigenvalue weighted by Crippen LogP contribution is -2.19. The molecule has 4 N–H and O–H groups in total. The second-order valence-electron chi connectivity index (χ2n) is 4.18. The molecule has 1 heterocycles. The van der Waals surface area contributed by atoms with Crippen LogP contribution < -0.4 is 20.5 Å². The Morgan fingerprint density at radius 3 is 2.35 bits per heavy atom. The Balaban J connectivity index is 2.64. The summed E-state index contributed by atoms with van der Waals surface area (Å²) in [7, 11) is -1.90. The van der Waals surface area contributed by atoms with E-state index in [4.69, 9.17) is 9.88 Å². The number of anilines is 2. The highest BCUT2D eigenvalue weighted by Crippen LogP contribution is 2.28. The molecule has 0 spiro atoms. The lowest BCUT2D eigenvalue weighted by molar-refractivity contribution is 0.414. The number of hydrogen-bond acceptors (Lipinski definition) is 7. The summed E-state index contributed by atoms with van der Waals surface area (Å²) in [6.45, 7) is 3.25. The number of nitrogens with one attached hydrogen (secondary N) is 2. The number of sulfonamides is 1. The predicted molar refractivity (Wildman–Crippen MR) is 78.4 cm³/mol. The van der Waals surface area contributed by atoms with Crippen LogP contribution in [0.15, 0.2) is 6.33 Å². The number of ether oxygens (including phenoxy) is 1. The van der Waals surface area contributed by atoms with Crippen molar-refractivity contribution in [2.75, 3.05) is 36.6 Å². The first kappa shape index (κ1) is 16.4. The van der Waals surface area contributed by atoms with E-state index < -0.39 is 10.0 Å². The van der Waals surface area contributed by atoms with Crippen LogP contribution in [-0.2, 0) is 10.0 Å². The maximum Gasteiger partial charge on any atom is 0.209 e. The third-order valence-electron chi connectivity index (χ3n) is 2.45. The summed E-state index contributed by atoms with van der Waals surface area (Å²) < 4.78 is 26.9. The molecular weight excluding hydrogens is 282 g/mol. The fraction of sp³-hybridized carbons (Fsp3) is 0.636. The normalized spacial score (nSPS) is 11.2. The number of aromatic nitrogens is 2. The van der Waals surface area contributed by atoms with Crippen LogP contribution in [0, 0.1) is 0 Å². The lowest BCUT2D eigenvalue weighted by Gasteiger charge is -2.13. The molecule has 0 amide bonds. The first-order valence-corrected chi connectivity index (χ1v) is 8.06. The van der Waals surface area contributed by atoms with Crippen LogP contribution in [0.2, 0.25) is 0 Å². The monoisotopic (exact) mass is 303 g/mol. The van der Waals surface area contributed by atoms with E-state index in [9.17, 15) is 8.42 Å². The molecule has 0 unspecified atom stereocenters. The zero-order valence-electron chi connectivity index (χ0n) is 11.7. The van der Waals surface area contributed by atoms with Crippen LogP contribution in [0.4, 0.5) is 11.6 Å². The standard InChI is InChI=1S/C11H21N5O3S/c1-3-5-13-10-9(19-2)11(16-8-15-10)14-6-4-7-20(12,17)18/h8H,3-7H2,1-2H3,(H2,12,17,18)(H2,13,14,15,16). The number of primary sulfonamides is 1. The van der Waals surface area contributed by atoms with Crippen LogP contribution in [0.25, 0.3) is 0 Å². The molecule has 0 bridgehead atoms. The van der Waals surface area contributed by atoms with Crippen molar-refractivity contribution < 1.29 is 13.2 Å². The molecule has 1 rings (SSSR count). The van der Waals surface area contributed by atoms with Crippen molar-refractivity contribution in [3.63, 3.8) is 0 Å². The molecule has 0 radical (unpaired) electrons. The fourth-order valence-electron chi connectivity index (χ4n) is 1.54. The van der Waals surface area contributed by atoms with Crippen LogP contribution in [0.1, 0.15) is 19.8 Å². The van der Waals surface area contributed by atoms with E-state index in [1.54, 1.807) is 0 Å². The summed E-state index contributed by atoms with van der Waals surface area (Å²) >= 11 is 0. The minimum Gasteiger partial charge on any atom is -0.490 e. The number of nitrogens with two attached hydrogens (primary N) is 1. The Kier molecular flexibility index (Phi) is 6.46. The van der Waals surface area contributed by atoms with Crippen LogP contribution in [-0.4, -0.2) is 44.3 Å². The van der Waals surface area contributed by atoms with Crippen molar-refractivity contribution in [1.29, 1.82) is 0 Å². The molecule has 1 aromatic rings. The van der Waals surface area contributed by atoms with Crippen LogP contribution >= 0.6 is 0 Å². The second kappa shape index (κ2) is 7.85. The molecule has 20 heavy (non-hydrogen) atoms. The molecule has 0 aliphatic heterocycles. The van der Waals surface area contributed by atoms with Crippen LogP contribution in [0.5, 0.6) is 5.75 Å². The van der Waals surface area contributed by atoms with E-state index in [0.29, 0.717) is 30.4 Å². The summed E-state index contributed by atoms with van der Waals surface area (Å²) in [6, 6.07) is 0. The van der Waals surface area contributed by atoms with Crippen molar-refractivity contribution in [3.05, 3.63) is 6.33 Å². The first-order chi connectivity index (χ1) is 9.48. The van der Waals surface area contributed by atoms with Gasteiger partial charge in [0.05, 0.1) is 12.9 Å². The number of methoxy groups -OCH3 is 1. The van der Waals surface area contributed by atoms with Gasteiger partial charge in [-0.05, 0) is 12.8 Å². The van der Waals surface area contributed by atoms with Gasteiger partial charge < -0.3 is 15.4 Å². The molecule has 0 atom stereocenters. The molecule has 0 aliphatic carbocycles. The lowest BCUT2D eigenvalue weighted by atomic mass is 10.4. The first-order valence-electron chi connectivity index (χ1n) is 6.35. The minimum atomic E-state index is -3.43. The van der Waals surface area contributed by atoms with E-state index in [1.165, 1.54) is 13.4 Å². The van der Waals surface area contributed by atoms with E-state index >= 15 is 0 Å². The van der Waals surface area contributed by atoms with Crippen molar-refractivity contribution in [2.24, 2.45) is 5.14 Å². The Hall–Kier alpha value is -1.61. The molecule has 1 aromatic heterocycles. The molecule has 114 valence electrons. The van der Waals surface area contributed by atoms with Gasteiger partial charge >= 0.3 is 0 Å². The number of hydrogen-bond donors (Lipinski definition) is 3. The number of nitrogens with zero attached hydrogens (tertiary/aromatic N) is 2. The average molecular weight is 303 g/mol. The Labute approximate surface area is 119 Å². The number of rotatable bonds is 9. The van der Waals surface area contributed by atoms with E-state index in [0.717, 1.165) is 13.0 Å². The van der Waals surface area contributed by atoms with Gasteiger partial charge in [-0.1, -0.05) is 6.92 Å². The predicted octanol–water partition coefficient (Wildman–Crippen LogP) is 0.398. The summed E-state index contributed by atoms with van der Waals surface area (Å²) in [4.78, 5) is 8.20. The maximum atomic E-state index is 10.8. The second-order valence-corrected chi connectivity index (χ2v) is 5.91. The van der Waals surface area contributed by atoms with Gasteiger partial charge in [0, 0.05) is 13.1 Å². The van der Waals surface area contributed by atoms with Crippen molar-refractivity contribution in [3.8, 4) is 5.75 Å². The van der Waals surface area contributed by atoms with Gasteiger partial charge in [0.25, 0.3) is 0 Å². The minimum absolute atomic E-state index is 0.0751. The molecule has 0 fully saturated rings. The van der Waals surface area contributed by atoms with Gasteiger partial charge in [-0.25, -0.2) is 23.5 Å². The Morgan fingerprint density at radius 2 is 1.85 bits per heavy atom. The average Bonchev–Trinajstić information content (AvgIpc) is 2.40. The molecule has 8 nitrogen and oxygen atoms in total. The van der Waals surface area contributed by atoms with Gasteiger partial charge in [-0.3, -0.25) is 0 Å². The van der Waals surface area contributed by atoms with E-state index in [2.05, 4.69) is 20.6 Å². The highest BCUT2D eigenvalue weighted by Gasteiger charge is 2.11. The van der Waals surface area contributed by atoms with Crippen molar-refractivity contribution in [1.82, 2.24) is 9.97 Å². The molecule has 9 heteroatoms. The molecule has 0 aliphatic rings. The quantitative estimate of drug-likeness (QED) is 0.565. The van der Waals surface area contributed by atoms with Gasteiger partial charge in [0.15, 0.2) is 11.6 Å².